The largest absolute Gasteiger partial charge is 0.472 e. The fourth-order valence-corrected chi connectivity index (χ4v) is 6.01. The monoisotopic (exact) mass is 735 g/mol. The molecule has 0 aromatic carbocycles. The highest BCUT2D eigenvalue weighted by Gasteiger charge is 2.26. The number of nitrogens with one attached hydrogen (secondary N) is 1. The van der Waals surface area contributed by atoms with Crippen LogP contribution in [0, 0.1) is 0 Å². The maximum atomic E-state index is 12.7. The molecule has 9 heteroatoms. The van der Waals surface area contributed by atoms with Crippen molar-refractivity contribution in [3.63, 3.8) is 0 Å². The van der Waals surface area contributed by atoms with Crippen LogP contribution in [0.2, 0.25) is 0 Å². The van der Waals surface area contributed by atoms with Gasteiger partial charge >= 0.3 is 7.82 Å². The fraction of sp³-hybridized carbons (Fsp3) is 0.690. The topological polar surface area (TPSA) is 131 Å². The van der Waals surface area contributed by atoms with E-state index in [0.717, 1.165) is 77.0 Å². The molecule has 5 N–H and O–H groups in total. The van der Waals surface area contributed by atoms with Crippen molar-refractivity contribution in [3.05, 3.63) is 72.9 Å². The third kappa shape index (κ3) is 36.1. The Hall–Kier alpha value is -2.06. The lowest BCUT2D eigenvalue weighted by Crippen LogP contribution is -2.45. The zero-order valence-electron chi connectivity index (χ0n) is 32.3. The van der Waals surface area contributed by atoms with Crippen LogP contribution >= 0.6 is 7.82 Å². The molecule has 0 radical (unpaired) electrons. The number of aliphatic hydroxyl groups excluding tert-OH is 1. The molecule has 0 bridgehead atoms. The molecular weight excluding hydrogens is 659 g/mol. The minimum absolute atomic E-state index is 0.0677. The van der Waals surface area contributed by atoms with Crippen molar-refractivity contribution in [2.24, 2.45) is 5.73 Å². The number of amides is 1. The van der Waals surface area contributed by atoms with E-state index in [-0.39, 0.29) is 25.7 Å². The first-order valence-corrected chi connectivity index (χ1v) is 21.6. The van der Waals surface area contributed by atoms with E-state index in [4.69, 9.17) is 14.8 Å². The van der Waals surface area contributed by atoms with Crippen molar-refractivity contribution in [1.29, 1.82) is 0 Å². The Balaban J connectivity index is 4.34. The highest BCUT2D eigenvalue weighted by atomic mass is 31.2. The third-order valence-electron chi connectivity index (χ3n) is 8.27. The Morgan fingerprint density at radius 1 is 0.667 bits per heavy atom. The van der Waals surface area contributed by atoms with Crippen molar-refractivity contribution in [2.75, 3.05) is 19.8 Å². The van der Waals surface area contributed by atoms with Gasteiger partial charge in [-0.05, 0) is 70.6 Å². The van der Waals surface area contributed by atoms with Gasteiger partial charge in [0.1, 0.15) is 0 Å². The summed E-state index contributed by atoms with van der Waals surface area (Å²) in [6.45, 7) is 3.95. The van der Waals surface area contributed by atoms with E-state index in [2.05, 4.69) is 79.9 Å². The standard InChI is InChI=1S/C42H75N2O6P/c1-3-5-7-9-11-13-15-17-18-19-20-21-22-24-26-28-30-32-34-36-42(46)44-40(39-50-51(47,48)49-38-37-43)41(45)35-33-31-29-27-25-23-16-14-12-10-8-6-4-2/h5,7,11,13,17-18,20-21,25,27,33,35,40-41,45H,3-4,6,8-10,12,14-16,19,22-24,26,28-32,34,36-39,43H2,1-2H3,(H,44,46)(H,47,48)/b7-5-,13-11-,18-17-,21-20-,27-25+,35-33+. The summed E-state index contributed by atoms with van der Waals surface area (Å²) in [6, 6.07) is -0.887. The van der Waals surface area contributed by atoms with Crippen LogP contribution in [0.15, 0.2) is 72.9 Å². The number of hydrogen-bond donors (Lipinski definition) is 4. The van der Waals surface area contributed by atoms with Gasteiger partial charge in [0.05, 0.1) is 25.4 Å². The molecule has 3 unspecified atom stereocenters. The Kier molecular flexibility index (Phi) is 36.2. The van der Waals surface area contributed by atoms with Crippen LogP contribution in [0.4, 0.5) is 0 Å². The lowest BCUT2D eigenvalue weighted by Gasteiger charge is -2.23. The number of nitrogens with two attached hydrogens (primary N) is 1. The highest BCUT2D eigenvalue weighted by Crippen LogP contribution is 2.43. The summed E-state index contributed by atoms with van der Waals surface area (Å²) in [4.78, 5) is 22.6. The number of carbonyl (C=O) groups excluding carboxylic acids is 1. The molecule has 0 aromatic heterocycles. The van der Waals surface area contributed by atoms with Gasteiger partial charge in [-0.1, -0.05) is 151 Å². The first kappa shape index (κ1) is 48.9. The molecule has 0 aliphatic carbocycles. The van der Waals surface area contributed by atoms with Gasteiger partial charge < -0.3 is 21.1 Å². The van der Waals surface area contributed by atoms with E-state index in [9.17, 15) is 19.4 Å². The number of unbranched alkanes of at least 4 members (excludes halogenated alkanes) is 14. The predicted molar refractivity (Wildman–Crippen MR) is 216 cm³/mol. The minimum atomic E-state index is -4.35. The average Bonchev–Trinajstić information content (AvgIpc) is 3.12. The minimum Gasteiger partial charge on any atom is -0.387 e. The molecule has 0 heterocycles. The molecule has 0 fully saturated rings. The third-order valence-corrected chi connectivity index (χ3v) is 9.25. The number of allylic oxidation sites excluding steroid dienone is 11. The predicted octanol–water partition coefficient (Wildman–Crippen LogP) is 10.9. The number of carbonyl (C=O) groups is 1. The van der Waals surface area contributed by atoms with Crippen LogP contribution in [0.3, 0.4) is 0 Å². The molecule has 0 aromatic rings. The Morgan fingerprint density at radius 3 is 1.75 bits per heavy atom. The molecule has 1 amide bonds. The summed E-state index contributed by atoms with van der Waals surface area (Å²) in [5.74, 6) is -0.223. The summed E-state index contributed by atoms with van der Waals surface area (Å²) < 4.78 is 22.0. The SMILES string of the molecule is CC/C=C\C/C=C\C/C=C\C/C=C\CCCCCCCCC(=O)NC(COP(=O)(O)OCCN)C(O)/C=C/CC/C=C/CCCCCCCCC. The molecule has 294 valence electrons. The average molecular weight is 735 g/mol. The molecular formula is C42H75N2O6P. The normalized spacial score (nSPS) is 15.0. The Labute approximate surface area is 312 Å². The van der Waals surface area contributed by atoms with Crippen LogP contribution in [0.25, 0.3) is 0 Å². The molecule has 8 nitrogen and oxygen atoms in total. The van der Waals surface area contributed by atoms with Gasteiger partial charge in [-0.25, -0.2) is 4.57 Å². The zero-order chi connectivity index (χ0) is 37.5. The molecule has 3 atom stereocenters. The van der Waals surface area contributed by atoms with Crippen molar-refractivity contribution in [1.82, 2.24) is 5.32 Å². The first-order chi connectivity index (χ1) is 24.9. The second kappa shape index (κ2) is 37.7. The van der Waals surface area contributed by atoms with Gasteiger partial charge in [0.25, 0.3) is 0 Å². The second-order valence-corrected chi connectivity index (χ2v) is 14.6. The quantitative estimate of drug-likeness (QED) is 0.0286. The lowest BCUT2D eigenvalue weighted by atomic mass is 10.1. The van der Waals surface area contributed by atoms with Gasteiger partial charge in [0.2, 0.25) is 5.91 Å². The summed E-state index contributed by atoms with van der Waals surface area (Å²) in [6.07, 6.45) is 48.0. The highest BCUT2D eigenvalue weighted by molar-refractivity contribution is 7.47. The van der Waals surface area contributed by atoms with Gasteiger partial charge in [0, 0.05) is 13.0 Å². The first-order valence-electron chi connectivity index (χ1n) is 20.1. The maximum absolute atomic E-state index is 12.7. The molecule has 0 saturated heterocycles. The molecule has 0 spiro atoms. The summed E-state index contributed by atoms with van der Waals surface area (Å²) in [5.41, 5.74) is 5.36. The summed E-state index contributed by atoms with van der Waals surface area (Å²) in [7, 11) is -4.35. The van der Waals surface area contributed by atoms with Crippen LogP contribution in [0.5, 0.6) is 0 Å². The Morgan fingerprint density at radius 2 is 1.16 bits per heavy atom. The van der Waals surface area contributed by atoms with Crippen molar-refractivity contribution in [2.45, 2.75) is 167 Å². The smallest absolute Gasteiger partial charge is 0.387 e. The van der Waals surface area contributed by atoms with Gasteiger partial charge in [-0.3, -0.25) is 13.8 Å². The van der Waals surface area contributed by atoms with Gasteiger partial charge in [0.15, 0.2) is 0 Å². The van der Waals surface area contributed by atoms with Crippen LogP contribution in [-0.2, 0) is 18.4 Å². The van der Waals surface area contributed by atoms with E-state index >= 15 is 0 Å². The second-order valence-electron chi connectivity index (χ2n) is 13.1. The number of aliphatic hydroxyl groups is 1. The van der Waals surface area contributed by atoms with Gasteiger partial charge in [-0.15, -0.1) is 0 Å². The van der Waals surface area contributed by atoms with Crippen molar-refractivity contribution >= 4 is 13.7 Å². The molecule has 0 aliphatic rings. The number of phosphoric acid groups is 1. The van der Waals surface area contributed by atoms with Gasteiger partial charge in [-0.2, -0.15) is 0 Å². The van der Waals surface area contributed by atoms with E-state index in [0.29, 0.717) is 6.42 Å². The Bertz CT molecular complexity index is 1020. The molecule has 0 aliphatic heterocycles. The molecule has 0 saturated carbocycles. The van der Waals surface area contributed by atoms with E-state index in [1.54, 1.807) is 6.08 Å². The zero-order valence-corrected chi connectivity index (χ0v) is 33.2. The fourth-order valence-electron chi connectivity index (χ4n) is 5.25. The van der Waals surface area contributed by atoms with E-state index in [1.165, 1.54) is 57.8 Å². The number of hydrogen-bond acceptors (Lipinski definition) is 6. The van der Waals surface area contributed by atoms with E-state index < -0.39 is 20.0 Å². The number of phosphoric ester groups is 1. The number of rotatable bonds is 36. The van der Waals surface area contributed by atoms with E-state index in [1.807, 2.05) is 6.08 Å². The molecule has 0 rings (SSSR count). The van der Waals surface area contributed by atoms with Crippen LogP contribution < -0.4 is 11.1 Å². The van der Waals surface area contributed by atoms with Crippen molar-refractivity contribution < 1.29 is 28.4 Å². The molecule has 51 heavy (non-hydrogen) atoms. The lowest BCUT2D eigenvalue weighted by molar-refractivity contribution is -0.123. The van der Waals surface area contributed by atoms with Crippen molar-refractivity contribution in [3.8, 4) is 0 Å². The van der Waals surface area contributed by atoms with Crippen LogP contribution in [-0.4, -0.2) is 47.8 Å². The maximum Gasteiger partial charge on any atom is 0.472 e. The van der Waals surface area contributed by atoms with Crippen LogP contribution in [0.1, 0.15) is 155 Å². The summed E-state index contributed by atoms with van der Waals surface area (Å²) >= 11 is 0. The summed E-state index contributed by atoms with van der Waals surface area (Å²) in [5, 5.41) is 13.6.